The van der Waals surface area contributed by atoms with Crippen molar-refractivity contribution < 1.29 is 4.79 Å². The number of rotatable bonds is 4. The van der Waals surface area contributed by atoms with Crippen molar-refractivity contribution in [3.8, 4) is 0 Å². The number of hydrogen-bond acceptors (Lipinski definition) is 3. The van der Waals surface area contributed by atoms with Crippen LogP contribution in [-0.4, -0.2) is 10.9 Å². The van der Waals surface area contributed by atoms with Gasteiger partial charge in [0.2, 0.25) is 0 Å². The molecule has 1 N–H and O–H groups in total. The Morgan fingerprint density at radius 3 is 2.89 bits per heavy atom. The number of nitrogens with zero attached hydrogens (tertiary/aromatic N) is 1. The zero-order valence-corrected chi connectivity index (χ0v) is 14.2. The highest BCUT2D eigenvalue weighted by Crippen LogP contribution is 2.24. The molecule has 1 unspecified atom stereocenters. The van der Waals surface area contributed by atoms with E-state index in [1.165, 1.54) is 0 Å². The molecule has 1 amide bonds. The first-order valence-electron chi connectivity index (χ1n) is 5.77. The highest BCUT2D eigenvalue weighted by Gasteiger charge is 2.17. The quantitative estimate of drug-likeness (QED) is 0.813. The number of aromatic nitrogens is 1. The van der Waals surface area contributed by atoms with E-state index in [1.54, 1.807) is 23.6 Å². The van der Waals surface area contributed by atoms with Gasteiger partial charge in [0.05, 0.1) is 11.6 Å². The molecule has 2 rings (SSSR count). The van der Waals surface area contributed by atoms with Gasteiger partial charge in [0.1, 0.15) is 5.01 Å². The van der Waals surface area contributed by atoms with Gasteiger partial charge in [0.25, 0.3) is 5.91 Å². The highest BCUT2D eigenvalue weighted by molar-refractivity contribution is 9.11. The second-order valence-corrected chi connectivity index (χ2v) is 6.62. The molecule has 0 saturated carbocycles. The molecular formula is C13H12Br2N2OS. The maximum absolute atomic E-state index is 12.3. The summed E-state index contributed by atoms with van der Waals surface area (Å²) in [7, 11) is 0. The number of benzene rings is 1. The van der Waals surface area contributed by atoms with E-state index in [2.05, 4.69) is 42.2 Å². The average Bonchev–Trinajstić information content (AvgIpc) is 2.92. The molecular weight excluding hydrogens is 392 g/mol. The van der Waals surface area contributed by atoms with Gasteiger partial charge in [0, 0.05) is 20.5 Å². The van der Waals surface area contributed by atoms with Crippen molar-refractivity contribution in [1.29, 1.82) is 0 Å². The maximum atomic E-state index is 12.3. The van der Waals surface area contributed by atoms with Crippen LogP contribution in [0.15, 0.2) is 38.7 Å². The molecule has 6 heteroatoms. The van der Waals surface area contributed by atoms with Crippen molar-refractivity contribution in [1.82, 2.24) is 10.3 Å². The third kappa shape index (κ3) is 3.64. The lowest BCUT2D eigenvalue weighted by molar-refractivity contribution is 0.0934. The fourth-order valence-electron chi connectivity index (χ4n) is 1.65. The van der Waals surface area contributed by atoms with Crippen LogP contribution in [0.25, 0.3) is 0 Å². The number of hydrogen-bond donors (Lipinski definition) is 1. The van der Waals surface area contributed by atoms with Crippen LogP contribution >= 0.6 is 43.2 Å². The van der Waals surface area contributed by atoms with E-state index in [-0.39, 0.29) is 11.9 Å². The van der Waals surface area contributed by atoms with Crippen LogP contribution in [0.5, 0.6) is 0 Å². The third-order valence-corrected chi connectivity index (χ3v) is 4.71. The summed E-state index contributed by atoms with van der Waals surface area (Å²) < 4.78 is 1.66. The molecule has 1 aromatic carbocycles. The molecule has 100 valence electrons. The van der Waals surface area contributed by atoms with Crippen molar-refractivity contribution in [2.45, 2.75) is 19.4 Å². The van der Waals surface area contributed by atoms with Crippen molar-refractivity contribution in [2.75, 3.05) is 0 Å². The Morgan fingerprint density at radius 2 is 2.26 bits per heavy atom. The molecule has 1 aromatic heterocycles. The normalized spacial score (nSPS) is 12.2. The molecule has 19 heavy (non-hydrogen) atoms. The van der Waals surface area contributed by atoms with Crippen LogP contribution < -0.4 is 5.32 Å². The summed E-state index contributed by atoms with van der Waals surface area (Å²) in [6, 6.07) is 5.49. The molecule has 3 nitrogen and oxygen atoms in total. The minimum absolute atomic E-state index is 0.0432. The molecule has 2 aromatic rings. The SMILES string of the molecule is CCC(NC(=O)c1cc(Br)ccc1Br)c1nccs1. The van der Waals surface area contributed by atoms with Gasteiger partial charge in [-0.05, 0) is 40.5 Å². The Bertz CT molecular complexity index is 572. The standard InChI is InChI=1S/C13H12Br2N2OS/c1-2-11(13-16-5-6-19-13)17-12(18)9-7-8(14)3-4-10(9)15/h3-7,11H,2H2,1H3,(H,17,18). The second-order valence-electron chi connectivity index (χ2n) is 3.93. The van der Waals surface area contributed by atoms with Crippen LogP contribution in [0, 0.1) is 0 Å². The Labute approximate surface area is 132 Å². The van der Waals surface area contributed by atoms with Crippen molar-refractivity contribution in [2.24, 2.45) is 0 Å². The van der Waals surface area contributed by atoms with Gasteiger partial charge in [-0.1, -0.05) is 22.9 Å². The van der Waals surface area contributed by atoms with Gasteiger partial charge in [-0.25, -0.2) is 4.98 Å². The first-order chi connectivity index (χ1) is 9.11. The maximum Gasteiger partial charge on any atom is 0.253 e. The first kappa shape index (κ1) is 14.7. The molecule has 0 aliphatic carbocycles. The molecule has 1 atom stereocenters. The minimum atomic E-state index is -0.102. The predicted molar refractivity (Wildman–Crippen MR) is 84.5 cm³/mol. The van der Waals surface area contributed by atoms with Crippen LogP contribution in [0.3, 0.4) is 0 Å². The van der Waals surface area contributed by atoms with Crippen molar-refractivity contribution in [3.63, 3.8) is 0 Å². The fourth-order valence-corrected chi connectivity index (χ4v) is 3.21. The lowest BCUT2D eigenvalue weighted by Crippen LogP contribution is -2.28. The first-order valence-corrected chi connectivity index (χ1v) is 8.23. The monoisotopic (exact) mass is 402 g/mol. The summed E-state index contributed by atoms with van der Waals surface area (Å²) in [5, 5.41) is 5.86. The smallest absolute Gasteiger partial charge is 0.253 e. The van der Waals surface area contributed by atoms with E-state index in [0.717, 1.165) is 20.4 Å². The summed E-state index contributed by atoms with van der Waals surface area (Å²) in [6.45, 7) is 2.03. The van der Waals surface area contributed by atoms with Gasteiger partial charge in [-0.3, -0.25) is 4.79 Å². The van der Waals surface area contributed by atoms with E-state index >= 15 is 0 Å². The molecule has 0 aliphatic rings. The van der Waals surface area contributed by atoms with E-state index in [1.807, 2.05) is 24.4 Å². The van der Waals surface area contributed by atoms with Crippen molar-refractivity contribution in [3.05, 3.63) is 49.3 Å². The number of carbonyl (C=O) groups is 1. The summed E-state index contributed by atoms with van der Waals surface area (Å²) in [5.74, 6) is -0.102. The van der Waals surface area contributed by atoms with Gasteiger partial charge in [-0.2, -0.15) is 0 Å². The summed E-state index contributed by atoms with van der Waals surface area (Å²) >= 11 is 8.33. The molecule has 0 bridgehead atoms. The fraction of sp³-hybridized carbons (Fsp3) is 0.231. The lowest BCUT2D eigenvalue weighted by atomic mass is 10.2. The van der Waals surface area contributed by atoms with E-state index in [0.29, 0.717) is 5.56 Å². The van der Waals surface area contributed by atoms with Crippen molar-refractivity contribution >= 4 is 49.1 Å². The summed E-state index contributed by atoms with van der Waals surface area (Å²) in [5.41, 5.74) is 0.615. The van der Waals surface area contributed by atoms with Crippen LogP contribution in [-0.2, 0) is 0 Å². The van der Waals surface area contributed by atoms with E-state index in [9.17, 15) is 4.79 Å². The van der Waals surface area contributed by atoms with Crippen LogP contribution in [0.2, 0.25) is 0 Å². The largest absolute Gasteiger partial charge is 0.343 e. The summed E-state index contributed by atoms with van der Waals surface area (Å²) in [6.07, 6.45) is 2.56. The van der Waals surface area contributed by atoms with Crippen LogP contribution in [0.1, 0.15) is 34.8 Å². The molecule has 0 aliphatic heterocycles. The Balaban J connectivity index is 2.18. The van der Waals surface area contributed by atoms with Gasteiger partial charge in [0.15, 0.2) is 0 Å². The third-order valence-electron chi connectivity index (χ3n) is 2.64. The van der Waals surface area contributed by atoms with E-state index in [4.69, 9.17) is 0 Å². The number of carbonyl (C=O) groups excluding carboxylic acids is 1. The minimum Gasteiger partial charge on any atom is -0.343 e. The Morgan fingerprint density at radius 1 is 1.47 bits per heavy atom. The second kappa shape index (κ2) is 6.63. The zero-order chi connectivity index (χ0) is 13.8. The highest BCUT2D eigenvalue weighted by atomic mass is 79.9. The molecule has 0 spiro atoms. The molecule has 0 fully saturated rings. The number of halogens is 2. The van der Waals surface area contributed by atoms with E-state index < -0.39 is 0 Å². The average molecular weight is 404 g/mol. The number of thiazole rings is 1. The Kier molecular flexibility index (Phi) is 5.13. The topological polar surface area (TPSA) is 42.0 Å². The molecule has 0 radical (unpaired) electrons. The zero-order valence-electron chi connectivity index (χ0n) is 10.2. The molecule has 1 heterocycles. The lowest BCUT2D eigenvalue weighted by Gasteiger charge is -2.15. The van der Waals surface area contributed by atoms with Crippen LogP contribution in [0.4, 0.5) is 0 Å². The van der Waals surface area contributed by atoms with Gasteiger partial charge < -0.3 is 5.32 Å². The number of amides is 1. The summed E-state index contributed by atoms with van der Waals surface area (Å²) in [4.78, 5) is 16.6. The molecule has 0 saturated heterocycles. The number of nitrogens with one attached hydrogen (secondary N) is 1. The van der Waals surface area contributed by atoms with Gasteiger partial charge in [-0.15, -0.1) is 11.3 Å². The van der Waals surface area contributed by atoms with Gasteiger partial charge >= 0.3 is 0 Å². The Hall–Kier alpha value is -0.720. The predicted octanol–water partition coefficient (Wildman–Crippen LogP) is 4.55.